The Kier molecular flexibility index (Phi) is 11.2. The Morgan fingerprint density at radius 1 is 0.833 bits per heavy atom. The van der Waals surface area contributed by atoms with Gasteiger partial charge in [-0.15, -0.1) is 0 Å². The van der Waals surface area contributed by atoms with E-state index in [0.29, 0.717) is 18.8 Å². The third-order valence-corrected chi connectivity index (χ3v) is 10.3. The van der Waals surface area contributed by atoms with E-state index in [1.807, 2.05) is 20.8 Å². The van der Waals surface area contributed by atoms with Crippen molar-refractivity contribution in [1.29, 1.82) is 5.26 Å². The molecule has 0 bridgehead atoms. The lowest BCUT2D eigenvalue weighted by atomic mass is 9.59. The molecule has 3 saturated carbocycles. The zero-order valence-electron chi connectivity index (χ0n) is 24.0. The van der Waals surface area contributed by atoms with E-state index >= 15 is 0 Å². The van der Waals surface area contributed by atoms with Gasteiger partial charge in [-0.2, -0.15) is 5.26 Å². The van der Waals surface area contributed by atoms with Crippen LogP contribution in [0.5, 0.6) is 0 Å². The number of hydrogen-bond donors (Lipinski definition) is 1. The van der Waals surface area contributed by atoms with Crippen LogP contribution in [0, 0.1) is 58.7 Å². The van der Waals surface area contributed by atoms with E-state index in [1.165, 1.54) is 57.8 Å². The molecule has 0 amide bonds. The minimum absolute atomic E-state index is 0.0319. The quantitative estimate of drug-likeness (QED) is 0.324. The van der Waals surface area contributed by atoms with Gasteiger partial charge in [-0.3, -0.25) is 4.79 Å². The topological polar surface area (TPSA) is 70.3 Å². The van der Waals surface area contributed by atoms with Crippen LogP contribution >= 0.6 is 0 Å². The highest BCUT2D eigenvalue weighted by Gasteiger charge is 2.41. The summed E-state index contributed by atoms with van der Waals surface area (Å²) in [6, 6.07) is 2.55. The molecule has 36 heavy (non-hydrogen) atoms. The summed E-state index contributed by atoms with van der Waals surface area (Å²) < 4.78 is 5.47. The zero-order chi connectivity index (χ0) is 26.3. The minimum Gasteiger partial charge on any atom is -0.460 e. The Balaban J connectivity index is 1.57. The van der Waals surface area contributed by atoms with Crippen LogP contribution in [0.25, 0.3) is 0 Å². The second kappa shape index (κ2) is 13.6. The molecule has 1 N–H and O–H groups in total. The van der Waals surface area contributed by atoms with E-state index in [0.717, 1.165) is 61.2 Å². The number of nitrogens with zero attached hydrogens (tertiary/aromatic N) is 1. The summed E-state index contributed by atoms with van der Waals surface area (Å²) >= 11 is 0. The van der Waals surface area contributed by atoms with Crippen molar-refractivity contribution in [2.24, 2.45) is 47.3 Å². The number of carbonyl (C=O) groups is 1. The van der Waals surface area contributed by atoms with Crippen molar-refractivity contribution in [3.8, 4) is 6.07 Å². The van der Waals surface area contributed by atoms with E-state index in [9.17, 15) is 15.2 Å². The molecule has 0 aliphatic heterocycles. The fourth-order valence-corrected chi connectivity index (χ4v) is 8.26. The van der Waals surface area contributed by atoms with Gasteiger partial charge in [0.25, 0.3) is 0 Å². The second-order valence-corrected chi connectivity index (χ2v) is 13.8. The summed E-state index contributed by atoms with van der Waals surface area (Å²) in [5.74, 6) is 4.89. The fourth-order valence-electron chi connectivity index (χ4n) is 8.26. The van der Waals surface area contributed by atoms with Crippen LogP contribution in [0.4, 0.5) is 0 Å². The highest BCUT2D eigenvalue weighted by Crippen LogP contribution is 2.49. The van der Waals surface area contributed by atoms with Gasteiger partial charge < -0.3 is 9.84 Å². The summed E-state index contributed by atoms with van der Waals surface area (Å²) in [5, 5.41) is 19.9. The SMILES string of the molecule is CC(C1CCC(O)CC1)C(C1CCCCC1)C(C)C1CCC(C(C#N)CCC(=O)OC(C)(C)C)CC1. The molecule has 0 spiro atoms. The molecule has 3 aliphatic carbocycles. The predicted molar refractivity (Wildman–Crippen MR) is 146 cm³/mol. The van der Waals surface area contributed by atoms with Crippen molar-refractivity contribution in [1.82, 2.24) is 0 Å². The average molecular weight is 502 g/mol. The lowest BCUT2D eigenvalue weighted by Crippen LogP contribution is -2.39. The lowest BCUT2D eigenvalue weighted by Gasteiger charge is -2.46. The van der Waals surface area contributed by atoms with Gasteiger partial charge in [-0.05, 0) is 120 Å². The van der Waals surface area contributed by atoms with Gasteiger partial charge in [0.2, 0.25) is 0 Å². The van der Waals surface area contributed by atoms with Crippen LogP contribution in [-0.2, 0) is 9.53 Å². The summed E-state index contributed by atoms with van der Waals surface area (Å²) in [4.78, 5) is 12.2. The molecule has 0 radical (unpaired) electrons. The third-order valence-electron chi connectivity index (χ3n) is 10.3. The largest absolute Gasteiger partial charge is 0.460 e. The standard InChI is InChI=1S/C32H55NO3/c1-22(31(27-9-7-6-8-10-27)23(2)25-15-18-29(34)19-16-25)24-11-13-26(14-12-24)28(21-33)17-20-30(35)36-32(3,4)5/h22-29,31,34H,6-20H2,1-5H3. The number of hydrogen-bond acceptors (Lipinski definition) is 4. The van der Waals surface area contributed by atoms with E-state index in [1.54, 1.807) is 0 Å². The molecule has 3 fully saturated rings. The van der Waals surface area contributed by atoms with Crippen LogP contribution < -0.4 is 0 Å². The Morgan fingerprint density at radius 2 is 1.33 bits per heavy atom. The van der Waals surface area contributed by atoms with Gasteiger partial charge in [0.1, 0.15) is 5.60 Å². The molecule has 0 saturated heterocycles. The van der Waals surface area contributed by atoms with Gasteiger partial charge in [0, 0.05) is 12.3 Å². The van der Waals surface area contributed by atoms with Gasteiger partial charge in [0.05, 0.1) is 12.2 Å². The molecule has 3 aliphatic rings. The molecule has 4 nitrogen and oxygen atoms in total. The highest BCUT2D eigenvalue weighted by molar-refractivity contribution is 5.69. The fraction of sp³-hybridized carbons (Fsp3) is 0.938. The smallest absolute Gasteiger partial charge is 0.306 e. The van der Waals surface area contributed by atoms with Crippen molar-refractivity contribution in [2.45, 2.75) is 143 Å². The van der Waals surface area contributed by atoms with Crippen LogP contribution in [0.15, 0.2) is 0 Å². The first-order valence-electron chi connectivity index (χ1n) is 15.4. The molecule has 0 heterocycles. The first-order chi connectivity index (χ1) is 17.1. The molecule has 3 rings (SSSR count). The molecule has 0 aromatic heterocycles. The normalized spacial score (nSPS) is 31.6. The van der Waals surface area contributed by atoms with E-state index in [4.69, 9.17) is 4.74 Å². The summed E-state index contributed by atoms with van der Waals surface area (Å²) in [6.45, 7) is 10.8. The van der Waals surface area contributed by atoms with Crippen LogP contribution in [0.2, 0.25) is 0 Å². The highest BCUT2D eigenvalue weighted by atomic mass is 16.6. The number of aliphatic hydroxyl groups excluding tert-OH is 1. The van der Waals surface area contributed by atoms with Crippen molar-refractivity contribution in [3.05, 3.63) is 0 Å². The van der Waals surface area contributed by atoms with Gasteiger partial charge in [0.15, 0.2) is 0 Å². The molecule has 0 aromatic carbocycles. The number of aliphatic hydroxyl groups is 1. The molecule has 4 unspecified atom stereocenters. The molecule has 0 aromatic rings. The van der Waals surface area contributed by atoms with Gasteiger partial charge in [-0.25, -0.2) is 0 Å². The Hall–Kier alpha value is -1.08. The molecular formula is C32H55NO3. The Morgan fingerprint density at radius 3 is 1.83 bits per heavy atom. The minimum atomic E-state index is -0.461. The number of rotatable bonds is 9. The first-order valence-corrected chi connectivity index (χ1v) is 15.4. The Labute approximate surface area is 221 Å². The predicted octanol–water partition coefficient (Wildman–Crippen LogP) is 8.07. The molecule has 4 atom stereocenters. The monoisotopic (exact) mass is 501 g/mol. The van der Waals surface area contributed by atoms with Crippen LogP contribution in [0.1, 0.15) is 131 Å². The van der Waals surface area contributed by atoms with E-state index in [2.05, 4.69) is 19.9 Å². The third kappa shape index (κ3) is 8.47. The van der Waals surface area contributed by atoms with Crippen LogP contribution in [-0.4, -0.2) is 22.8 Å². The lowest BCUT2D eigenvalue weighted by molar-refractivity contribution is -0.155. The van der Waals surface area contributed by atoms with E-state index in [-0.39, 0.29) is 18.0 Å². The number of nitriles is 1. The number of carbonyl (C=O) groups excluding carboxylic acids is 1. The average Bonchev–Trinajstić information content (AvgIpc) is 2.85. The van der Waals surface area contributed by atoms with Crippen molar-refractivity contribution >= 4 is 5.97 Å². The maximum Gasteiger partial charge on any atom is 0.306 e. The number of esters is 1. The van der Waals surface area contributed by atoms with Crippen molar-refractivity contribution in [3.63, 3.8) is 0 Å². The Bertz CT molecular complexity index is 700. The summed E-state index contributed by atoms with van der Waals surface area (Å²) in [7, 11) is 0. The van der Waals surface area contributed by atoms with Gasteiger partial charge >= 0.3 is 5.97 Å². The molecule has 4 heteroatoms. The second-order valence-electron chi connectivity index (χ2n) is 13.8. The van der Waals surface area contributed by atoms with E-state index < -0.39 is 5.60 Å². The molecule has 206 valence electrons. The first kappa shape index (κ1) is 29.5. The summed E-state index contributed by atoms with van der Waals surface area (Å²) in [6.07, 6.45) is 17.0. The maximum absolute atomic E-state index is 12.2. The maximum atomic E-state index is 12.2. The molecular weight excluding hydrogens is 446 g/mol. The van der Waals surface area contributed by atoms with Crippen molar-refractivity contribution in [2.75, 3.05) is 0 Å². The van der Waals surface area contributed by atoms with Crippen LogP contribution in [0.3, 0.4) is 0 Å². The number of ether oxygens (including phenoxy) is 1. The zero-order valence-corrected chi connectivity index (χ0v) is 24.0. The van der Waals surface area contributed by atoms with Crippen molar-refractivity contribution < 1.29 is 14.6 Å². The summed E-state index contributed by atoms with van der Waals surface area (Å²) in [5.41, 5.74) is -0.461. The van der Waals surface area contributed by atoms with Gasteiger partial charge in [-0.1, -0.05) is 46.0 Å².